The second-order valence-electron chi connectivity index (χ2n) is 5.03. The molecule has 20 heavy (non-hydrogen) atoms. The van der Waals surface area contributed by atoms with E-state index in [4.69, 9.17) is 0 Å². The van der Waals surface area contributed by atoms with Crippen LogP contribution in [0, 0.1) is 5.92 Å². The van der Waals surface area contributed by atoms with Crippen molar-refractivity contribution in [2.45, 2.75) is 24.3 Å². The fraction of sp³-hybridized carbons (Fsp3) is 0.750. The first-order valence-electron chi connectivity index (χ1n) is 6.68. The summed E-state index contributed by atoms with van der Waals surface area (Å²) in [5.41, 5.74) is 0. The van der Waals surface area contributed by atoms with Crippen molar-refractivity contribution in [3.8, 4) is 0 Å². The van der Waals surface area contributed by atoms with Crippen LogP contribution in [0.1, 0.15) is 19.3 Å². The summed E-state index contributed by atoms with van der Waals surface area (Å²) >= 11 is 0. The van der Waals surface area contributed by atoms with Crippen molar-refractivity contribution < 1.29 is 8.42 Å². The Hall–Kier alpha value is -0.630. The lowest BCUT2D eigenvalue weighted by atomic mass is 9.95. The molecule has 2 rings (SSSR count). The van der Waals surface area contributed by atoms with Crippen LogP contribution in [0.4, 0.5) is 0 Å². The van der Waals surface area contributed by atoms with Crippen LogP contribution in [0.25, 0.3) is 0 Å². The molecule has 1 aliphatic heterocycles. The van der Waals surface area contributed by atoms with Crippen molar-refractivity contribution in [2.24, 2.45) is 13.0 Å². The van der Waals surface area contributed by atoms with E-state index in [0.717, 1.165) is 25.8 Å². The van der Waals surface area contributed by atoms with Gasteiger partial charge in [-0.2, -0.15) is 9.40 Å². The van der Waals surface area contributed by atoms with Crippen molar-refractivity contribution in [3.63, 3.8) is 0 Å². The lowest BCUT2D eigenvalue weighted by Crippen LogP contribution is -2.39. The van der Waals surface area contributed by atoms with Crippen LogP contribution >= 0.6 is 12.4 Å². The Morgan fingerprint density at radius 1 is 1.40 bits per heavy atom. The molecule has 0 aromatic carbocycles. The van der Waals surface area contributed by atoms with E-state index in [-0.39, 0.29) is 17.4 Å². The number of piperidine rings is 1. The Morgan fingerprint density at radius 2 is 2.05 bits per heavy atom. The van der Waals surface area contributed by atoms with Crippen molar-refractivity contribution in [3.05, 3.63) is 12.3 Å². The molecule has 1 aromatic rings. The Morgan fingerprint density at radius 3 is 2.55 bits per heavy atom. The van der Waals surface area contributed by atoms with E-state index in [9.17, 15) is 8.42 Å². The lowest BCUT2D eigenvalue weighted by Gasteiger charge is -2.31. The third kappa shape index (κ3) is 3.72. The van der Waals surface area contributed by atoms with Crippen molar-refractivity contribution in [2.75, 3.05) is 26.7 Å². The summed E-state index contributed by atoms with van der Waals surface area (Å²) in [7, 11) is 0.231. The van der Waals surface area contributed by atoms with Crippen LogP contribution in [0.5, 0.6) is 0 Å². The van der Waals surface area contributed by atoms with E-state index in [1.54, 1.807) is 17.4 Å². The molecule has 0 saturated carbocycles. The number of aromatic nitrogens is 2. The van der Waals surface area contributed by atoms with E-state index in [1.807, 2.05) is 7.05 Å². The SMILES string of the molecule is CNCCC1CCN(S(=O)(=O)c2ccnn2C)CC1.Cl. The smallest absolute Gasteiger partial charge is 0.260 e. The maximum Gasteiger partial charge on any atom is 0.260 e. The number of nitrogens with one attached hydrogen (secondary N) is 1. The number of rotatable bonds is 5. The van der Waals surface area contributed by atoms with Crippen LogP contribution < -0.4 is 5.32 Å². The van der Waals surface area contributed by atoms with Crippen LogP contribution in [-0.4, -0.2) is 49.2 Å². The minimum absolute atomic E-state index is 0. The van der Waals surface area contributed by atoms with Crippen molar-refractivity contribution in [1.29, 1.82) is 0 Å². The number of nitrogens with zero attached hydrogens (tertiary/aromatic N) is 3. The summed E-state index contributed by atoms with van der Waals surface area (Å²) in [5, 5.41) is 7.36. The first-order chi connectivity index (χ1) is 9.05. The van der Waals surface area contributed by atoms with Gasteiger partial charge in [0.25, 0.3) is 10.0 Å². The van der Waals surface area contributed by atoms with Crippen LogP contribution in [0.3, 0.4) is 0 Å². The van der Waals surface area contributed by atoms with Gasteiger partial charge in [-0.3, -0.25) is 4.68 Å². The van der Waals surface area contributed by atoms with E-state index in [0.29, 0.717) is 19.0 Å². The molecule has 0 bridgehead atoms. The van der Waals surface area contributed by atoms with Gasteiger partial charge in [-0.05, 0) is 44.8 Å². The van der Waals surface area contributed by atoms with E-state index in [1.165, 1.54) is 10.9 Å². The van der Waals surface area contributed by atoms with Gasteiger partial charge in [0.2, 0.25) is 0 Å². The Balaban J connectivity index is 0.00000200. The molecule has 116 valence electrons. The summed E-state index contributed by atoms with van der Waals surface area (Å²) in [6, 6.07) is 1.56. The quantitative estimate of drug-likeness (QED) is 0.873. The molecule has 0 atom stereocenters. The zero-order chi connectivity index (χ0) is 13.9. The molecule has 0 aliphatic carbocycles. The third-order valence-corrected chi connectivity index (χ3v) is 5.73. The monoisotopic (exact) mass is 322 g/mol. The summed E-state index contributed by atoms with van der Waals surface area (Å²) in [4.78, 5) is 0. The largest absolute Gasteiger partial charge is 0.320 e. The number of halogens is 1. The Kier molecular flexibility index (Phi) is 6.44. The average Bonchev–Trinajstić information content (AvgIpc) is 2.84. The summed E-state index contributed by atoms with van der Waals surface area (Å²) in [5.74, 6) is 0.630. The second-order valence-corrected chi connectivity index (χ2v) is 6.92. The molecule has 1 saturated heterocycles. The molecular formula is C12H23ClN4O2S. The third-order valence-electron chi connectivity index (χ3n) is 3.76. The highest BCUT2D eigenvalue weighted by Gasteiger charge is 2.30. The minimum atomic E-state index is -3.38. The molecule has 0 radical (unpaired) electrons. The van der Waals surface area contributed by atoms with Crippen LogP contribution in [0.15, 0.2) is 17.3 Å². The van der Waals surface area contributed by atoms with Gasteiger partial charge in [-0.15, -0.1) is 12.4 Å². The first kappa shape index (κ1) is 17.4. The fourth-order valence-electron chi connectivity index (χ4n) is 2.53. The van der Waals surface area contributed by atoms with Crippen LogP contribution in [0.2, 0.25) is 0 Å². The molecule has 6 nitrogen and oxygen atoms in total. The molecule has 0 spiro atoms. The normalized spacial score (nSPS) is 17.9. The maximum atomic E-state index is 12.4. The molecule has 1 fully saturated rings. The Labute approximate surface area is 127 Å². The first-order valence-corrected chi connectivity index (χ1v) is 8.12. The summed E-state index contributed by atoms with van der Waals surface area (Å²) in [6.07, 6.45) is 4.53. The second kappa shape index (κ2) is 7.40. The molecule has 0 amide bonds. The summed E-state index contributed by atoms with van der Waals surface area (Å²) < 4.78 is 27.9. The molecule has 8 heteroatoms. The predicted molar refractivity (Wildman–Crippen MR) is 80.5 cm³/mol. The maximum absolute atomic E-state index is 12.4. The zero-order valence-corrected chi connectivity index (χ0v) is 13.6. The topological polar surface area (TPSA) is 67.2 Å². The van der Waals surface area contributed by atoms with Gasteiger partial charge in [-0.1, -0.05) is 0 Å². The molecule has 1 aromatic heterocycles. The summed E-state index contributed by atoms with van der Waals surface area (Å²) in [6.45, 7) is 2.23. The van der Waals surface area contributed by atoms with E-state index >= 15 is 0 Å². The molecule has 0 unspecified atom stereocenters. The molecule has 2 heterocycles. The van der Waals surface area contributed by atoms with Gasteiger partial charge in [0.1, 0.15) is 0 Å². The van der Waals surface area contributed by atoms with Gasteiger partial charge in [0.05, 0.1) is 6.20 Å². The van der Waals surface area contributed by atoms with Gasteiger partial charge in [0, 0.05) is 20.1 Å². The zero-order valence-electron chi connectivity index (χ0n) is 11.9. The highest BCUT2D eigenvalue weighted by Crippen LogP contribution is 2.24. The highest BCUT2D eigenvalue weighted by atomic mass is 35.5. The van der Waals surface area contributed by atoms with E-state index < -0.39 is 10.0 Å². The molecule has 1 aliphatic rings. The number of aryl methyl sites for hydroxylation is 1. The van der Waals surface area contributed by atoms with Gasteiger partial charge < -0.3 is 5.32 Å². The van der Waals surface area contributed by atoms with E-state index in [2.05, 4.69) is 10.4 Å². The van der Waals surface area contributed by atoms with Crippen molar-refractivity contribution in [1.82, 2.24) is 19.4 Å². The standard InChI is InChI=1S/C12H22N4O2S.ClH/c1-13-7-3-11-5-9-16(10-6-11)19(17,18)12-4-8-14-15(12)2;/h4,8,11,13H,3,5-7,9-10H2,1-2H3;1H. The minimum Gasteiger partial charge on any atom is -0.320 e. The van der Waals surface area contributed by atoms with Gasteiger partial charge in [0.15, 0.2) is 5.03 Å². The van der Waals surface area contributed by atoms with Gasteiger partial charge >= 0.3 is 0 Å². The predicted octanol–water partition coefficient (Wildman–Crippen LogP) is 0.852. The molecular weight excluding hydrogens is 300 g/mol. The lowest BCUT2D eigenvalue weighted by molar-refractivity contribution is 0.262. The average molecular weight is 323 g/mol. The number of hydrogen-bond acceptors (Lipinski definition) is 4. The van der Waals surface area contributed by atoms with Crippen molar-refractivity contribution >= 4 is 22.4 Å². The molecule has 1 N–H and O–H groups in total. The fourth-order valence-corrected chi connectivity index (χ4v) is 4.10. The number of hydrogen-bond donors (Lipinski definition) is 1. The van der Waals surface area contributed by atoms with Gasteiger partial charge in [-0.25, -0.2) is 8.42 Å². The number of sulfonamides is 1. The van der Waals surface area contributed by atoms with Crippen LogP contribution in [-0.2, 0) is 17.1 Å². The highest BCUT2D eigenvalue weighted by molar-refractivity contribution is 7.89. The Bertz CT molecular complexity index is 509.